The zero-order valence-corrected chi connectivity index (χ0v) is 13.6. The summed E-state index contributed by atoms with van der Waals surface area (Å²) in [4.78, 5) is 14.7. The van der Waals surface area contributed by atoms with Crippen LogP contribution >= 0.6 is 0 Å². The molecule has 0 atom stereocenters. The molecule has 6 heteroatoms. The van der Waals surface area contributed by atoms with Gasteiger partial charge in [-0.2, -0.15) is 0 Å². The van der Waals surface area contributed by atoms with Crippen LogP contribution < -0.4 is 20.7 Å². The molecule has 0 unspecified atom stereocenters. The fraction of sp³-hybridized carbons (Fsp3) is 0.412. The molecular formula is C17H24N4O2. The molecule has 0 aromatic heterocycles. The first-order chi connectivity index (χ1) is 11.3. The van der Waals surface area contributed by atoms with Gasteiger partial charge in [0, 0.05) is 31.4 Å². The standard InChI is InChI=1S/C17H24N4O2/c1-18-17(7-8-19-12-22)21-15-6-5-14(16(9-15)23-2)11-20-10-13-3-4-13/h5-9,12-13,20H,3-4,10-11H2,1-2H3,(H,18,21)(H,19,22)/b8-7-. The Labute approximate surface area is 137 Å². The van der Waals surface area contributed by atoms with Crippen LogP contribution in [0.25, 0.3) is 0 Å². The molecule has 1 fully saturated rings. The maximum atomic E-state index is 10.2. The monoisotopic (exact) mass is 316 g/mol. The maximum Gasteiger partial charge on any atom is 0.211 e. The van der Waals surface area contributed by atoms with Crippen LogP contribution in [0.4, 0.5) is 5.69 Å². The van der Waals surface area contributed by atoms with Gasteiger partial charge in [0.2, 0.25) is 6.41 Å². The highest BCUT2D eigenvalue weighted by atomic mass is 16.5. The number of aliphatic imine (C=N–C) groups is 1. The van der Waals surface area contributed by atoms with Gasteiger partial charge in [0.25, 0.3) is 0 Å². The summed E-state index contributed by atoms with van der Waals surface area (Å²) >= 11 is 0. The topological polar surface area (TPSA) is 74.8 Å². The number of amides is 1. The molecule has 0 aliphatic heterocycles. The van der Waals surface area contributed by atoms with E-state index in [1.807, 2.05) is 18.2 Å². The molecule has 0 spiro atoms. The third-order valence-electron chi connectivity index (χ3n) is 3.63. The van der Waals surface area contributed by atoms with Gasteiger partial charge in [-0.15, -0.1) is 0 Å². The minimum absolute atomic E-state index is 0.607. The summed E-state index contributed by atoms with van der Waals surface area (Å²) in [7, 11) is 3.44. The van der Waals surface area contributed by atoms with Crippen LogP contribution in [-0.4, -0.2) is 32.9 Å². The quantitative estimate of drug-likeness (QED) is 0.368. The van der Waals surface area contributed by atoms with Crippen LogP contribution in [0.15, 0.2) is 35.5 Å². The van der Waals surface area contributed by atoms with E-state index in [4.69, 9.17) is 4.74 Å². The second-order valence-electron chi connectivity index (χ2n) is 5.44. The lowest BCUT2D eigenvalue weighted by Gasteiger charge is -2.10. The summed E-state index contributed by atoms with van der Waals surface area (Å²) in [6.45, 7) is 1.87. The van der Waals surface area contributed by atoms with Gasteiger partial charge in [0.15, 0.2) is 0 Å². The second kappa shape index (κ2) is 8.95. The van der Waals surface area contributed by atoms with Crippen LogP contribution in [0.5, 0.6) is 5.75 Å². The molecule has 124 valence electrons. The molecule has 3 N–H and O–H groups in total. The lowest BCUT2D eigenvalue weighted by atomic mass is 10.1. The number of hydrogen-bond donors (Lipinski definition) is 3. The fourth-order valence-corrected chi connectivity index (χ4v) is 2.16. The molecule has 1 aromatic carbocycles. The Bertz CT molecular complexity index is 580. The van der Waals surface area contributed by atoms with Crippen molar-refractivity contribution >= 4 is 17.9 Å². The van der Waals surface area contributed by atoms with E-state index in [-0.39, 0.29) is 0 Å². The van der Waals surface area contributed by atoms with E-state index in [0.717, 1.165) is 36.0 Å². The molecule has 1 aliphatic rings. The number of amidine groups is 1. The Balaban J connectivity index is 2.04. The first-order valence-electron chi connectivity index (χ1n) is 7.77. The van der Waals surface area contributed by atoms with Crippen LogP contribution in [0.3, 0.4) is 0 Å². The fourth-order valence-electron chi connectivity index (χ4n) is 2.16. The molecule has 0 heterocycles. The van der Waals surface area contributed by atoms with Crippen LogP contribution in [0.2, 0.25) is 0 Å². The van der Waals surface area contributed by atoms with Crippen molar-refractivity contribution in [3.8, 4) is 5.75 Å². The number of carbonyl (C=O) groups is 1. The minimum Gasteiger partial charge on any atom is -0.496 e. The van der Waals surface area contributed by atoms with Gasteiger partial charge in [-0.05, 0) is 37.4 Å². The molecule has 2 rings (SSSR count). The predicted octanol–water partition coefficient (Wildman–Crippen LogP) is 1.70. The average Bonchev–Trinajstić information content (AvgIpc) is 3.39. The zero-order valence-electron chi connectivity index (χ0n) is 13.6. The van der Waals surface area contributed by atoms with Gasteiger partial charge in [0.1, 0.15) is 11.6 Å². The molecule has 1 aromatic rings. The van der Waals surface area contributed by atoms with Gasteiger partial charge in [-0.25, -0.2) is 4.99 Å². The van der Waals surface area contributed by atoms with Crippen molar-refractivity contribution in [2.24, 2.45) is 10.9 Å². The molecule has 1 saturated carbocycles. The zero-order chi connectivity index (χ0) is 16.5. The summed E-state index contributed by atoms with van der Waals surface area (Å²) in [5, 5.41) is 8.89. The summed E-state index contributed by atoms with van der Waals surface area (Å²) in [5.74, 6) is 2.32. The van der Waals surface area contributed by atoms with Gasteiger partial charge in [0.05, 0.1) is 12.8 Å². The van der Waals surface area contributed by atoms with Crippen molar-refractivity contribution in [1.29, 1.82) is 0 Å². The SMILES string of the molecule is CNC(/C=C\NC=O)=N/c1ccc(CNCC2CC2)c(OC)c1. The molecule has 1 amide bonds. The summed E-state index contributed by atoms with van der Waals surface area (Å²) in [6.07, 6.45) is 6.51. The Hall–Kier alpha value is -2.34. The largest absolute Gasteiger partial charge is 0.496 e. The number of benzene rings is 1. The molecule has 0 saturated heterocycles. The van der Waals surface area contributed by atoms with Crippen molar-refractivity contribution in [3.63, 3.8) is 0 Å². The Kier molecular flexibility index (Phi) is 6.62. The maximum absolute atomic E-state index is 10.2. The first kappa shape index (κ1) is 17.0. The lowest BCUT2D eigenvalue weighted by Crippen LogP contribution is -2.17. The van der Waals surface area contributed by atoms with Crippen molar-refractivity contribution in [2.45, 2.75) is 19.4 Å². The number of ether oxygens (including phenoxy) is 1. The average molecular weight is 316 g/mol. The van der Waals surface area contributed by atoms with Crippen molar-refractivity contribution < 1.29 is 9.53 Å². The second-order valence-corrected chi connectivity index (χ2v) is 5.44. The number of methoxy groups -OCH3 is 1. The number of carbonyl (C=O) groups excluding carboxylic acids is 1. The van der Waals surface area contributed by atoms with Gasteiger partial charge in [-0.3, -0.25) is 4.79 Å². The van der Waals surface area contributed by atoms with Crippen LogP contribution in [-0.2, 0) is 11.3 Å². The number of nitrogens with one attached hydrogen (secondary N) is 3. The smallest absolute Gasteiger partial charge is 0.211 e. The van der Waals surface area contributed by atoms with E-state index in [2.05, 4.69) is 20.9 Å². The predicted molar refractivity (Wildman–Crippen MR) is 91.9 cm³/mol. The Morgan fingerprint density at radius 2 is 2.26 bits per heavy atom. The third kappa shape index (κ3) is 5.75. The normalized spacial score (nSPS) is 14.8. The van der Waals surface area contributed by atoms with Gasteiger partial charge >= 0.3 is 0 Å². The van der Waals surface area contributed by atoms with Crippen molar-refractivity contribution in [2.75, 3.05) is 20.7 Å². The summed E-state index contributed by atoms with van der Waals surface area (Å²) in [5.41, 5.74) is 1.91. The number of nitrogens with zero attached hydrogens (tertiary/aromatic N) is 1. The number of rotatable bonds is 9. The highest BCUT2D eigenvalue weighted by Crippen LogP contribution is 2.28. The molecule has 23 heavy (non-hydrogen) atoms. The van der Waals surface area contributed by atoms with Crippen LogP contribution in [0.1, 0.15) is 18.4 Å². The Morgan fingerprint density at radius 3 is 2.91 bits per heavy atom. The number of likely N-dealkylation sites (N-methyl/N-ethyl adjacent to an activating group) is 1. The van der Waals surface area contributed by atoms with E-state index in [1.54, 1.807) is 20.2 Å². The molecular weight excluding hydrogens is 292 g/mol. The highest BCUT2D eigenvalue weighted by Gasteiger charge is 2.20. The first-order valence-corrected chi connectivity index (χ1v) is 7.77. The number of hydrogen-bond acceptors (Lipinski definition) is 4. The van der Waals surface area contributed by atoms with E-state index in [1.165, 1.54) is 19.0 Å². The highest BCUT2D eigenvalue weighted by molar-refractivity contribution is 5.94. The van der Waals surface area contributed by atoms with Crippen molar-refractivity contribution in [3.05, 3.63) is 36.0 Å². The van der Waals surface area contributed by atoms with E-state index in [9.17, 15) is 4.79 Å². The van der Waals surface area contributed by atoms with Crippen LogP contribution in [0, 0.1) is 5.92 Å². The molecule has 6 nitrogen and oxygen atoms in total. The third-order valence-corrected chi connectivity index (χ3v) is 3.63. The van der Waals surface area contributed by atoms with E-state index >= 15 is 0 Å². The van der Waals surface area contributed by atoms with Gasteiger partial charge < -0.3 is 20.7 Å². The van der Waals surface area contributed by atoms with E-state index < -0.39 is 0 Å². The summed E-state index contributed by atoms with van der Waals surface area (Å²) in [6, 6.07) is 5.89. The molecule has 1 aliphatic carbocycles. The summed E-state index contributed by atoms with van der Waals surface area (Å²) < 4.78 is 5.47. The van der Waals surface area contributed by atoms with Crippen molar-refractivity contribution in [1.82, 2.24) is 16.0 Å². The Morgan fingerprint density at radius 1 is 1.43 bits per heavy atom. The molecule has 0 bridgehead atoms. The van der Waals surface area contributed by atoms with E-state index in [0.29, 0.717) is 12.2 Å². The molecule has 0 radical (unpaired) electrons. The minimum atomic E-state index is 0.607. The van der Waals surface area contributed by atoms with Gasteiger partial charge in [-0.1, -0.05) is 6.07 Å². The lowest BCUT2D eigenvalue weighted by molar-refractivity contribution is -0.108.